The third-order valence-corrected chi connectivity index (χ3v) is 3.65. The average Bonchev–Trinajstić information content (AvgIpc) is 2.43. The third-order valence-electron chi connectivity index (χ3n) is 3.16. The molecule has 2 nitrogen and oxygen atoms in total. The quantitative estimate of drug-likeness (QED) is 0.427. The van der Waals surface area contributed by atoms with Gasteiger partial charge >= 0.3 is 0 Å². The van der Waals surface area contributed by atoms with Crippen LogP contribution in [-0.4, -0.2) is 0 Å². The standard InChI is InChI=1S/C16H9BrO2/c17-12-5-6-13-16(9-12)19-15-8-11-4-2-1-3-10(11)7-14(15)18-13/h1-9H. The molecule has 0 unspecified atom stereocenters. The lowest BCUT2D eigenvalue weighted by Crippen LogP contribution is -1.98. The van der Waals surface area contributed by atoms with Crippen LogP contribution in [0.5, 0.6) is 23.0 Å². The van der Waals surface area contributed by atoms with Crippen LogP contribution in [0.25, 0.3) is 10.8 Å². The van der Waals surface area contributed by atoms with Crippen LogP contribution in [0.3, 0.4) is 0 Å². The second-order valence-corrected chi connectivity index (χ2v) is 5.36. The third kappa shape index (κ3) is 1.78. The number of halogens is 1. The Morgan fingerprint density at radius 1 is 0.632 bits per heavy atom. The second-order valence-electron chi connectivity index (χ2n) is 4.44. The summed E-state index contributed by atoms with van der Waals surface area (Å²) in [6.45, 7) is 0. The van der Waals surface area contributed by atoms with Crippen LogP contribution in [0.15, 0.2) is 59.1 Å². The van der Waals surface area contributed by atoms with Crippen LogP contribution in [0.1, 0.15) is 0 Å². The van der Waals surface area contributed by atoms with Crippen molar-refractivity contribution in [1.29, 1.82) is 0 Å². The van der Waals surface area contributed by atoms with Crippen molar-refractivity contribution in [2.45, 2.75) is 0 Å². The maximum absolute atomic E-state index is 5.91. The van der Waals surface area contributed by atoms with E-state index in [4.69, 9.17) is 9.47 Å². The van der Waals surface area contributed by atoms with Gasteiger partial charge in [-0.25, -0.2) is 0 Å². The summed E-state index contributed by atoms with van der Waals surface area (Å²) in [6.07, 6.45) is 0. The number of hydrogen-bond acceptors (Lipinski definition) is 2. The van der Waals surface area contributed by atoms with Crippen molar-refractivity contribution >= 4 is 26.7 Å². The zero-order chi connectivity index (χ0) is 12.8. The Morgan fingerprint density at radius 3 is 1.89 bits per heavy atom. The molecule has 4 rings (SSSR count). The second kappa shape index (κ2) is 4.00. The maximum Gasteiger partial charge on any atom is 0.171 e. The summed E-state index contributed by atoms with van der Waals surface area (Å²) < 4.78 is 12.8. The molecule has 1 aliphatic rings. The van der Waals surface area contributed by atoms with Gasteiger partial charge in [-0.3, -0.25) is 0 Å². The van der Waals surface area contributed by atoms with Gasteiger partial charge < -0.3 is 9.47 Å². The highest BCUT2D eigenvalue weighted by atomic mass is 79.9. The van der Waals surface area contributed by atoms with E-state index >= 15 is 0 Å². The van der Waals surface area contributed by atoms with Gasteiger partial charge in [0.05, 0.1) is 0 Å². The van der Waals surface area contributed by atoms with Gasteiger partial charge in [0.25, 0.3) is 0 Å². The minimum absolute atomic E-state index is 0.733. The molecule has 0 saturated carbocycles. The Bertz CT molecular complexity index is 796. The molecule has 1 heterocycles. The highest BCUT2D eigenvalue weighted by molar-refractivity contribution is 9.10. The molecule has 0 fully saturated rings. The van der Waals surface area contributed by atoms with Crippen molar-refractivity contribution in [2.24, 2.45) is 0 Å². The summed E-state index contributed by atoms with van der Waals surface area (Å²) in [5.41, 5.74) is 0. The highest BCUT2D eigenvalue weighted by Gasteiger charge is 2.19. The molecule has 0 bridgehead atoms. The minimum atomic E-state index is 0.733. The van der Waals surface area contributed by atoms with Gasteiger partial charge in [-0.05, 0) is 41.1 Å². The molecule has 0 saturated heterocycles. The number of ether oxygens (including phenoxy) is 2. The predicted octanol–water partition coefficient (Wildman–Crippen LogP) is 5.50. The van der Waals surface area contributed by atoms with Gasteiger partial charge in [0.2, 0.25) is 0 Å². The fourth-order valence-corrected chi connectivity index (χ4v) is 2.58. The van der Waals surface area contributed by atoms with Gasteiger partial charge in [-0.1, -0.05) is 40.2 Å². The fourth-order valence-electron chi connectivity index (χ4n) is 2.24. The maximum atomic E-state index is 5.91. The predicted molar refractivity (Wildman–Crippen MR) is 78.2 cm³/mol. The average molecular weight is 313 g/mol. The Morgan fingerprint density at radius 2 is 1.21 bits per heavy atom. The van der Waals surface area contributed by atoms with Crippen LogP contribution in [0, 0.1) is 0 Å². The first kappa shape index (κ1) is 10.9. The van der Waals surface area contributed by atoms with Gasteiger partial charge in [0.1, 0.15) is 0 Å². The number of hydrogen-bond donors (Lipinski definition) is 0. The van der Waals surface area contributed by atoms with E-state index in [-0.39, 0.29) is 0 Å². The Labute approximate surface area is 118 Å². The van der Waals surface area contributed by atoms with Crippen LogP contribution in [0.2, 0.25) is 0 Å². The molecule has 0 amide bonds. The molecule has 0 radical (unpaired) electrons. The molecule has 3 heteroatoms. The molecule has 3 aromatic carbocycles. The van der Waals surface area contributed by atoms with Crippen molar-refractivity contribution in [2.75, 3.05) is 0 Å². The van der Waals surface area contributed by atoms with Crippen LogP contribution < -0.4 is 9.47 Å². The molecule has 19 heavy (non-hydrogen) atoms. The van der Waals surface area contributed by atoms with Crippen LogP contribution in [0.4, 0.5) is 0 Å². The van der Waals surface area contributed by atoms with E-state index in [0.29, 0.717) is 0 Å². The Balaban J connectivity index is 1.90. The van der Waals surface area contributed by atoms with Crippen molar-refractivity contribution in [3.8, 4) is 23.0 Å². The van der Waals surface area contributed by atoms with E-state index in [9.17, 15) is 0 Å². The van der Waals surface area contributed by atoms with Crippen molar-refractivity contribution in [3.63, 3.8) is 0 Å². The van der Waals surface area contributed by atoms with Gasteiger partial charge in [-0.2, -0.15) is 0 Å². The number of fused-ring (bicyclic) bond motifs is 3. The van der Waals surface area contributed by atoms with Crippen molar-refractivity contribution in [1.82, 2.24) is 0 Å². The molecule has 1 aliphatic heterocycles. The molecular weight excluding hydrogens is 304 g/mol. The monoisotopic (exact) mass is 312 g/mol. The van der Waals surface area contributed by atoms with E-state index in [1.54, 1.807) is 0 Å². The molecular formula is C16H9BrO2. The van der Waals surface area contributed by atoms with E-state index in [2.05, 4.69) is 28.1 Å². The molecule has 0 atom stereocenters. The highest BCUT2D eigenvalue weighted by Crippen LogP contribution is 2.47. The lowest BCUT2D eigenvalue weighted by Gasteiger charge is -2.21. The Hall–Kier alpha value is -2.00. The van der Waals surface area contributed by atoms with Crippen LogP contribution >= 0.6 is 15.9 Å². The summed E-state index contributed by atoms with van der Waals surface area (Å²) in [4.78, 5) is 0. The molecule has 0 spiro atoms. The SMILES string of the molecule is Brc1ccc2c(c1)Oc1cc3ccccc3cc1O2. The molecule has 0 aliphatic carbocycles. The van der Waals surface area contributed by atoms with E-state index < -0.39 is 0 Å². The fraction of sp³-hybridized carbons (Fsp3) is 0. The molecule has 92 valence electrons. The van der Waals surface area contributed by atoms with Gasteiger partial charge in [-0.15, -0.1) is 0 Å². The molecule has 0 aromatic heterocycles. The molecule has 0 N–H and O–H groups in total. The van der Waals surface area contributed by atoms with Crippen molar-refractivity contribution in [3.05, 3.63) is 59.1 Å². The van der Waals surface area contributed by atoms with Crippen molar-refractivity contribution < 1.29 is 9.47 Å². The van der Waals surface area contributed by atoms with E-state index in [0.717, 1.165) is 38.2 Å². The summed E-state index contributed by atoms with van der Waals surface area (Å²) in [6, 6.07) is 17.9. The summed E-state index contributed by atoms with van der Waals surface area (Å²) in [7, 11) is 0. The zero-order valence-electron chi connectivity index (χ0n) is 9.89. The lowest BCUT2D eigenvalue weighted by atomic mass is 10.1. The minimum Gasteiger partial charge on any atom is -0.449 e. The number of rotatable bonds is 0. The molecule has 3 aromatic rings. The van der Waals surface area contributed by atoms with Gasteiger partial charge in [0, 0.05) is 4.47 Å². The summed E-state index contributed by atoms with van der Waals surface area (Å²) in [5, 5.41) is 2.29. The topological polar surface area (TPSA) is 18.5 Å². The van der Waals surface area contributed by atoms with Crippen LogP contribution in [-0.2, 0) is 0 Å². The van der Waals surface area contributed by atoms with E-state index in [1.807, 2.05) is 42.5 Å². The van der Waals surface area contributed by atoms with E-state index in [1.165, 1.54) is 0 Å². The first-order valence-corrected chi connectivity index (χ1v) is 6.77. The largest absolute Gasteiger partial charge is 0.449 e. The first-order valence-electron chi connectivity index (χ1n) is 5.98. The first-order chi connectivity index (χ1) is 9.29. The number of benzene rings is 3. The zero-order valence-corrected chi connectivity index (χ0v) is 11.5. The summed E-state index contributed by atoms with van der Waals surface area (Å²) >= 11 is 3.43. The normalized spacial score (nSPS) is 12.3. The van der Waals surface area contributed by atoms with Gasteiger partial charge in [0.15, 0.2) is 23.0 Å². The Kier molecular flexibility index (Phi) is 2.29. The summed E-state index contributed by atoms with van der Waals surface area (Å²) in [5.74, 6) is 2.99. The smallest absolute Gasteiger partial charge is 0.171 e. The lowest BCUT2D eigenvalue weighted by molar-refractivity contribution is 0.360.